The molecule has 1 fully saturated rings. The van der Waals surface area contributed by atoms with E-state index in [2.05, 4.69) is 0 Å². The van der Waals surface area contributed by atoms with Crippen LogP contribution in [0.4, 0.5) is 10.7 Å². The highest BCUT2D eigenvalue weighted by atomic mass is 32.2. The molecule has 1 aliphatic heterocycles. The maximum Gasteiger partial charge on any atom is 0.304 e. The minimum Gasteiger partial charge on any atom is -0.385 e. The molecule has 2 heterocycles. The number of hydrogen-bond donors (Lipinski definition) is 1. The van der Waals surface area contributed by atoms with E-state index in [0.29, 0.717) is 13.1 Å². The summed E-state index contributed by atoms with van der Waals surface area (Å²) < 4.78 is 26.4. The van der Waals surface area contributed by atoms with E-state index >= 15 is 0 Å². The minimum absolute atomic E-state index is 0.0396. The van der Waals surface area contributed by atoms with Crippen molar-refractivity contribution in [1.29, 1.82) is 0 Å². The van der Waals surface area contributed by atoms with Gasteiger partial charge in [0.25, 0.3) is 10.0 Å². The van der Waals surface area contributed by atoms with Crippen molar-refractivity contribution in [2.45, 2.75) is 36.3 Å². The smallest absolute Gasteiger partial charge is 0.304 e. The van der Waals surface area contributed by atoms with E-state index < -0.39 is 14.9 Å². The molecule has 0 spiro atoms. The number of hydrogen-bond acceptors (Lipinski definition) is 6. The summed E-state index contributed by atoms with van der Waals surface area (Å²) in [6.07, 6.45) is 4.80. The molecule has 0 unspecified atom stereocenters. The Balaban J connectivity index is 2.28. The van der Waals surface area contributed by atoms with E-state index in [0.717, 1.165) is 49.5 Å². The van der Waals surface area contributed by atoms with E-state index in [1.807, 2.05) is 0 Å². The van der Waals surface area contributed by atoms with Gasteiger partial charge < -0.3 is 5.73 Å². The number of thiophene rings is 1. The number of nitrogens with two attached hydrogens (primary N) is 1. The van der Waals surface area contributed by atoms with Crippen molar-refractivity contribution in [2.24, 2.45) is 0 Å². The van der Waals surface area contributed by atoms with Crippen LogP contribution in [-0.4, -0.2) is 30.7 Å². The molecule has 20 heavy (non-hydrogen) atoms. The molecule has 2 rings (SSSR count). The van der Waals surface area contributed by atoms with Gasteiger partial charge in [-0.15, -0.1) is 0 Å². The molecular formula is C11H17N3O4S2. The van der Waals surface area contributed by atoms with Gasteiger partial charge >= 0.3 is 5.69 Å². The fourth-order valence-electron chi connectivity index (χ4n) is 2.23. The van der Waals surface area contributed by atoms with Crippen LogP contribution >= 0.6 is 11.3 Å². The van der Waals surface area contributed by atoms with E-state index in [-0.39, 0.29) is 14.9 Å². The zero-order valence-electron chi connectivity index (χ0n) is 10.9. The Morgan fingerprint density at radius 3 is 2.25 bits per heavy atom. The molecule has 0 amide bonds. The zero-order chi connectivity index (χ0) is 14.8. The molecule has 9 heteroatoms. The topological polar surface area (TPSA) is 107 Å². The van der Waals surface area contributed by atoms with Crippen LogP contribution in [0.1, 0.15) is 32.1 Å². The molecule has 0 atom stereocenters. The van der Waals surface area contributed by atoms with Crippen LogP contribution in [0.3, 0.4) is 0 Å². The SMILES string of the molecule is Nc1sc(S(=O)(=O)N2CCCCCCC2)cc1[N+](=O)[O-]. The molecule has 0 radical (unpaired) electrons. The number of anilines is 1. The highest BCUT2D eigenvalue weighted by Gasteiger charge is 2.30. The molecular weight excluding hydrogens is 302 g/mol. The molecule has 1 aromatic rings. The summed E-state index contributed by atoms with van der Waals surface area (Å²) in [5.74, 6) is 0. The molecule has 2 N–H and O–H groups in total. The molecule has 0 bridgehead atoms. The number of rotatable bonds is 3. The van der Waals surface area contributed by atoms with Gasteiger partial charge in [-0.25, -0.2) is 8.42 Å². The van der Waals surface area contributed by atoms with Crippen molar-refractivity contribution in [3.05, 3.63) is 16.2 Å². The number of nitrogen functional groups attached to an aromatic ring is 1. The van der Waals surface area contributed by atoms with Crippen LogP contribution in [-0.2, 0) is 10.0 Å². The summed E-state index contributed by atoms with van der Waals surface area (Å²) >= 11 is 0.762. The van der Waals surface area contributed by atoms with Crippen molar-refractivity contribution in [3.8, 4) is 0 Å². The quantitative estimate of drug-likeness (QED) is 0.679. The van der Waals surface area contributed by atoms with Gasteiger partial charge in [-0.2, -0.15) is 4.31 Å². The molecule has 0 aliphatic carbocycles. The Kier molecular flexibility index (Phi) is 4.61. The summed E-state index contributed by atoms with van der Waals surface area (Å²) in [6, 6.07) is 1.06. The van der Waals surface area contributed by atoms with Crippen LogP contribution < -0.4 is 5.73 Å². The van der Waals surface area contributed by atoms with Crippen LogP contribution in [0.25, 0.3) is 0 Å². The Labute approximate surface area is 121 Å². The molecule has 0 saturated carbocycles. The minimum atomic E-state index is -3.67. The predicted molar refractivity (Wildman–Crippen MR) is 77.2 cm³/mol. The molecule has 7 nitrogen and oxygen atoms in total. The Morgan fingerprint density at radius 1 is 1.20 bits per heavy atom. The third-order valence-electron chi connectivity index (χ3n) is 3.32. The van der Waals surface area contributed by atoms with E-state index in [1.54, 1.807) is 0 Å². The Morgan fingerprint density at radius 2 is 1.75 bits per heavy atom. The third kappa shape index (κ3) is 3.10. The molecule has 1 aliphatic rings. The average molecular weight is 319 g/mol. The third-order valence-corrected chi connectivity index (χ3v) is 6.62. The van der Waals surface area contributed by atoms with Crippen LogP contribution in [0, 0.1) is 10.1 Å². The first-order valence-corrected chi connectivity index (χ1v) is 8.72. The van der Waals surface area contributed by atoms with E-state index in [1.165, 1.54) is 4.31 Å². The van der Waals surface area contributed by atoms with E-state index in [9.17, 15) is 18.5 Å². The highest BCUT2D eigenvalue weighted by Crippen LogP contribution is 2.36. The first-order valence-electron chi connectivity index (χ1n) is 6.47. The number of nitro groups is 1. The zero-order valence-corrected chi connectivity index (χ0v) is 12.6. The lowest BCUT2D eigenvalue weighted by Gasteiger charge is -2.23. The second-order valence-corrected chi connectivity index (χ2v) is 7.99. The standard InChI is InChI=1S/C11H17N3O4S2/c12-11-9(14(15)16)8-10(19-11)20(17,18)13-6-4-2-1-3-5-7-13/h8H,1-7,12H2. The van der Waals surface area contributed by atoms with Crippen LogP contribution in [0.15, 0.2) is 10.3 Å². The number of sulfonamides is 1. The maximum absolute atomic E-state index is 12.5. The summed E-state index contributed by atoms with van der Waals surface area (Å²) in [5, 5.41) is 10.7. The second kappa shape index (κ2) is 6.06. The van der Waals surface area contributed by atoms with E-state index in [4.69, 9.17) is 5.73 Å². The van der Waals surface area contributed by atoms with Gasteiger partial charge in [0, 0.05) is 19.2 Å². The monoisotopic (exact) mass is 319 g/mol. The molecule has 1 aromatic heterocycles. The first kappa shape index (κ1) is 15.2. The highest BCUT2D eigenvalue weighted by molar-refractivity contribution is 7.91. The van der Waals surface area contributed by atoms with Crippen molar-refractivity contribution in [2.75, 3.05) is 18.8 Å². The average Bonchev–Trinajstić information content (AvgIpc) is 2.71. The van der Waals surface area contributed by atoms with Crippen molar-refractivity contribution >= 4 is 32.0 Å². The summed E-state index contributed by atoms with van der Waals surface area (Å²) in [4.78, 5) is 10.1. The predicted octanol–water partition coefficient (Wildman–Crippen LogP) is 2.19. The van der Waals surface area contributed by atoms with Crippen LogP contribution in [0.5, 0.6) is 0 Å². The van der Waals surface area contributed by atoms with Crippen molar-refractivity contribution in [3.63, 3.8) is 0 Å². The van der Waals surface area contributed by atoms with Gasteiger partial charge in [0.2, 0.25) is 0 Å². The molecule has 112 valence electrons. The van der Waals surface area contributed by atoms with Gasteiger partial charge in [-0.3, -0.25) is 10.1 Å². The van der Waals surface area contributed by atoms with Crippen LogP contribution in [0.2, 0.25) is 0 Å². The fraction of sp³-hybridized carbons (Fsp3) is 0.636. The Bertz CT molecular complexity index is 589. The lowest BCUT2D eigenvalue weighted by Crippen LogP contribution is -2.33. The van der Waals surface area contributed by atoms with Gasteiger partial charge in [0.1, 0.15) is 4.21 Å². The van der Waals surface area contributed by atoms with Crippen molar-refractivity contribution in [1.82, 2.24) is 4.31 Å². The van der Waals surface area contributed by atoms with Gasteiger partial charge in [-0.1, -0.05) is 30.6 Å². The lowest BCUT2D eigenvalue weighted by molar-refractivity contribution is -0.383. The summed E-state index contributed by atoms with van der Waals surface area (Å²) in [6.45, 7) is 0.932. The van der Waals surface area contributed by atoms with Gasteiger partial charge in [-0.05, 0) is 12.8 Å². The first-order chi connectivity index (χ1) is 9.43. The fourth-order valence-corrected chi connectivity index (χ4v) is 5.11. The Hall–Kier alpha value is -1.19. The van der Waals surface area contributed by atoms with Gasteiger partial charge in [0.15, 0.2) is 5.00 Å². The van der Waals surface area contributed by atoms with Gasteiger partial charge in [0.05, 0.1) is 4.92 Å². The summed E-state index contributed by atoms with van der Waals surface area (Å²) in [7, 11) is -3.67. The normalized spacial score (nSPS) is 18.4. The molecule has 1 saturated heterocycles. The largest absolute Gasteiger partial charge is 0.385 e. The maximum atomic E-state index is 12.5. The lowest BCUT2D eigenvalue weighted by atomic mass is 10.1. The number of nitrogens with zero attached hydrogens (tertiary/aromatic N) is 2. The molecule has 0 aromatic carbocycles. The summed E-state index contributed by atoms with van der Waals surface area (Å²) in [5.41, 5.74) is 5.19. The van der Waals surface area contributed by atoms with Crippen molar-refractivity contribution < 1.29 is 13.3 Å². The second-order valence-electron chi connectivity index (χ2n) is 4.74.